The van der Waals surface area contributed by atoms with Crippen molar-refractivity contribution in [2.75, 3.05) is 37.7 Å². The van der Waals surface area contributed by atoms with Gasteiger partial charge in [-0.2, -0.15) is 18.4 Å². The van der Waals surface area contributed by atoms with Gasteiger partial charge in [0.15, 0.2) is 0 Å². The van der Waals surface area contributed by atoms with Gasteiger partial charge in [-0.3, -0.25) is 0 Å². The number of piperidine rings is 2. The first-order chi connectivity index (χ1) is 16.9. The van der Waals surface area contributed by atoms with Crippen molar-refractivity contribution in [2.24, 2.45) is 5.92 Å². The fraction of sp³-hybridized carbons (Fsp3) is 0.536. The number of nitrogens with one attached hydrogen (secondary N) is 1. The topological polar surface area (TPSA) is 48.3 Å². The van der Waals surface area contributed by atoms with Crippen molar-refractivity contribution in [3.8, 4) is 11.8 Å². The molecular formula is C28H34F3N3O. The van der Waals surface area contributed by atoms with Gasteiger partial charge < -0.3 is 15.0 Å². The predicted molar refractivity (Wildman–Crippen MR) is 132 cm³/mol. The number of hydrogen-bond donors (Lipinski definition) is 1. The maximum atomic E-state index is 13.3. The van der Waals surface area contributed by atoms with E-state index in [1.165, 1.54) is 37.3 Å². The molecule has 0 bridgehead atoms. The number of unbranched alkanes of at least 4 members (excludes halogenated alkanes) is 1. The highest BCUT2D eigenvalue weighted by atomic mass is 19.4. The number of benzene rings is 2. The molecule has 188 valence electrons. The van der Waals surface area contributed by atoms with E-state index in [1.54, 1.807) is 12.1 Å². The van der Waals surface area contributed by atoms with Gasteiger partial charge in [0.25, 0.3) is 0 Å². The van der Waals surface area contributed by atoms with Gasteiger partial charge in [0.1, 0.15) is 5.75 Å². The van der Waals surface area contributed by atoms with Crippen LogP contribution in [0.15, 0.2) is 42.5 Å². The summed E-state index contributed by atoms with van der Waals surface area (Å²) in [6.45, 7) is 4.42. The first kappa shape index (κ1) is 25.4. The standard InChI is InChI=1S/C28H34F3N3O/c29-28(30,31)27-19-25(7-4-24(27)20-32)34-16-12-23(13-17-34)22-5-8-26(9-6-22)35-18-2-1-3-21-10-14-33-15-11-21/h4-9,19,21,23,33H,1-3,10-18H2. The van der Waals surface area contributed by atoms with Gasteiger partial charge in [-0.1, -0.05) is 18.6 Å². The third-order valence-corrected chi connectivity index (χ3v) is 7.37. The second kappa shape index (κ2) is 11.8. The lowest BCUT2D eigenvalue weighted by Gasteiger charge is -2.34. The van der Waals surface area contributed by atoms with Gasteiger partial charge >= 0.3 is 6.18 Å². The highest BCUT2D eigenvalue weighted by Gasteiger charge is 2.34. The van der Waals surface area contributed by atoms with Crippen LogP contribution in [0, 0.1) is 17.2 Å². The maximum absolute atomic E-state index is 13.3. The van der Waals surface area contributed by atoms with Crippen LogP contribution in [0.2, 0.25) is 0 Å². The zero-order valence-corrected chi connectivity index (χ0v) is 20.1. The second-order valence-corrected chi connectivity index (χ2v) is 9.71. The lowest BCUT2D eigenvalue weighted by atomic mass is 9.89. The molecule has 2 fully saturated rings. The van der Waals surface area contributed by atoms with Crippen LogP contribution in [0.1, 0.15) is 67.6 Å². The normalized spacial score (nSPS) is 17.8. The van der Waals surface area contributed by atoms with Gasteiger partial charge in [0, 0.05) is 18.8 Å². The molecular weight excluding hydrogens is 451 g/mol. The Hall–Kier alpha value is -2.72. The number of rotatable bonds is 8. The summed E-state index contributed by atoms with van der Waals surface area (Å²) in [5.41, 5.74) is 0.583. The van der Waals surface area contributed by atoms with Crippen LogP contribution in [-0.2, 0) is 6.18 Å². The van der Waals surface area contributed by atoms with Crippen LogP contribution < -0.4 is 15.0 Å². The van der Waals surface area contributed by atoms with E-state index in [-0.39, 0.29) is 5.56 Å². The molecule has 1 N–H and O–H groups in total. The number of halogens is 3. The smallest absolute Gasteiger partial charge is 0.417 e. The Labute approximate surface area is 206 Å². The highest BCUT2D eigenvalue weighted by molar-refractivity contribution is 5.55. The van der Waals surface area contributed by atoms with Crippen LogP contribution in [0.5, 0.6) is 5.75 Å². The van der Waals surface area contributed by atoms with E-state index in [0.717, 1.165) is 56.7 Å². The molecule has 0 atom stereocenters. The SMILES string of the molecule is N#Cc1ccc(N2CCC(c3ccc(OCCCCC4CCNCC4)cc3)CC2)cc1C(F)(F)F. The van der Waals surface area contributed by atoms with Crippen molar-refractivity contribution >= 4 is 5.69 Å². The second-order valence-electron chi connectivity index (χ2n) is 9.71. The Kier molecular flexibility index (Phi) is 8.56. The quantitative estimate of drug-likeness (QED) is 0.433. The Morgan fingerprint density at radius 3 is 2.34 bits per heavy atom. The van der Waals surface area contributed by atoms with Gasteiger partial charge in [-0.05, 0) is 99.3 Å². The number of nitrogens with zero attached hydrogens (tertiary/aromatic N) is 2. The molecule has 4 nitrogen and oxygen atoms in total. The summed E-state index contributed by atoms with van der Waals surface area (Å²) in [5, 5.41) is 12.4. The Morgan fingerprint density at radius 2 is 1.69 bits per heavy atom. The molecule has 2 aliphatic heterocycles. The van der Waals surface area contributed by atoms with Gasteiger partial charge in [0.2, 0.25) is 0 Å². The summed E-state index contributed by atoms with van der Waals surface area (Å²) in [7, 11) is 0. The first-order valence-corrected chi connectivity index (χ1v) is 12.7. The Balaban J connectivity index is 1.23. The number of nitriles is 1. The lowest BCUT2D eigenvalue weighted by molar-refractivity contribution is -0.137. The fourth-order valence-electron chi connectivity index (χ4n) is 5.26. The number of alkyl halides is 3. The monoisotopic (exact) mass is 485 g/mol. The molecule has 0 amide bonds. The summed E-state index contributed by atoms with van der Waals surface area (Å²) < 4.78 is 45.9. The van der Waals surface area contributed by atoms with Crippen molar-refractivity contribution in [1.29, 1.82) is 5.26 Å². The summed E-state index contributed by atoms with van der Waals surface area (Å²) in [6, 6.07) is 14.0. The molecule has 2 aromatic rings. The molecule has 4 rings (SSSR count). The molecule has 35 heavy (non-hydrogen) atoms. The van der Waals surface area contributed by atoms with E-state index in [4.69, 9.17) is 10.00 Å². The van der Waals surface area contributed by atoms with E-state index >= 15 is 0 Å². The third kappa shape index (κ3) is 6.91. The molecule has 0 aromatic heterocycles. The van der Waals surface area contributed by atoms with Crippen molar-refractivity contribution in [3.63, 3.8) is 0 Å². The molecule has 0 saturated carbocycles. The third-order valence-electron chi connectivity index (χ3n) is 7.37. The zero-order chi connectivity index (χ0) is 24.7. The van der Waals surface area contributed by atoms with E-state index in [0.29, 0.717) is 24.7 Å². The van der Waals surface area contributed by atoms with E-state index < -0.39 is 11.7 Å². The minimum Gasteiger partial charge on any atom is -0.494 e. The zero-order valence-electron chi connectivity index (χ0n) is 20.1. The van der Waals surface area contributed by atoms with Crippen molar-refractivity contribution in [2.45, 2.75) is 57.0 Å². The van der Waals surface area contributed by atoms with Crippen LogP contribution in [0.25, 0.3) is 0 Å². The minimum absolute atomic E-state index is 0.333. The molecule has 2 heterocycles. The minimum atomic E-state index is -4.53. The molecule has 2 saturated heterocycles. The molecule has 0 spiro atoms. The molecule has 0 aliphatic carbocycles. The summed E-state index contributed by atoms with van der Waals surface area (Å²) in [5.74, 6) is 2.14. The van der Waals surface area contributed by atoms with Crippen LogP contribution in [0.3, 0.4) is 0 Å². The predicted octanol–water partition coefficient (Wildman–Crippen LogP) is 6.51. The molecule has 7 heteroatoms. The largest absolute Gasteiger partial charge is 0.494 e. The number of hydrogen-bond acceptors (Lipinski definition) is 4. The van der Waals surface area contributed by atoms with Gasteiger partial charge in [-0.25, -0.2) is 0 Å². The molecule has 0 unspecified atom stereocenters. The molecule has 2 aromatic carbocycles. The summed E-state index contributed by atoms with van der Waals surface area (Å²) >= 11 is 0. The Bertz CT molecular complexity index is 986. The average molecular weight is 486 g/mol. The molecule has 0 radical (unpaired) electrons. The highest BCUT2D eigenvalue weighted by Crippen LogP contribution is 2.36. The van der Waals surface area contributed by atoms with Crippen LogP contribution in [0.4, 0.5) is 18.9 Å². The van der Waals surface area contributed by atoms with Crippen LogP contribution >= 0.6 is 0 Å². The van der Waals surface area contributed by atoms with Crippen molar-refractivity contribution < 1.29 is 17.9 Å². The summed E-state index contributed by atoms with van der Waals surface area (Å²) in [4.78, 5) is 1.98. The van der Waals surface area contributed by atoms with Gasteiger partial charge in [-0.15, -0.1) is 0 Å². The van der Waals surface area contributed by atoms with Crippen LogP contribution in [-0.4, -0.2) is 32.8 Å². The first-order valence-electron chi connectivity index (χ1n) is 12.7. The van der Waals surface area contributed by atoms with E-state index in [9.17, 15) is 13.2 Å². The number of anilines is 1. The van der Waals surface area contributed by atoms with Crippen molar-refractivity contribution in [3.05, 3.63) is 59.2 Å². The maximum Gasteiger partial charge on any atom is 0.417 e. The van der Waals surface area contributed by atoms with E-state index in [1.807, 2.05) is 17.0 Å². The fourth-order valence-corrected chi connectivity index (χ4v) is 5.26. The lowest BCUT2D eigenvalue weighted by Crippen LogP contribution is -2.33. The van der Waals surface area contributed by atoms with Crippen molar-refractivity contribution in [1.82, 2.24) is 5.32 Å². The average Bonchev–Trinajstić information content (AvgIpc) is 2.89. The summed E-state index contributed by atoms with van der Waals surface area (Å²) in [6.07, 6.45) is 3.39. The molecule has 2 aliphatic rings. The Morgan fingerprint density at radius 1 is 0.971 bits per heavy atom. The number of ether oxygens (including phenoxy) is 1. The van der Waals surface area contributed by atoms with Gasteiger partial charge in [0.05, 0.1) is 23.8 Å². The van der Waals surface area contributed by atoms with E-state index in [2.05, 4.69) is 17.4 Å².